The highest BCUT2D eigenvalue weighted by molar-refractivity contribution is 6.16. The van der Waals surface area contributed by atoms with E-state index in [2.05, 4.69) is 15.6 Å². The number of hydrogen-bond acceptors (Lipinski definition) is 6. The number of aromatic nitrogens is 1. The summed E-state index contributed by atoms with van der Waals surface area (Å²) in [6, 6.07) is 18.9. The van der Waals surface area contributed by atoms with Gasteiger partial charge in [0.1, 0.15) is 22.7 Å². The zero-order chi connectivity index (χ0) is 28.0. The number of nitrogens with zero attached hydrogens (tertiary/aromatic N) is 1. The summed E-state index contributed by atoms with van der Waals surface area (Å²) in [6.45, 7) is 4.00. The number of carbonyl (C=O) groups is 3. The Morgan fingerprint density at radius 3 is 2.00 bits per heavy atom. The van der Waals surface area contributed by atoms with Crippen molar-refractivity contribution >= 4 is 40.1 Å². The van der Waals surface area contributed by atoms with Crippen molar-refractivity contribution < 1.29 is 28.2 Å². The van der Waals surface area contributed by atoms with Crippen LogP contribution in [0.4, 0.5) is 15.8 Å². The molecule has 200 valence electrons. The van der Waals surface area contributed by atoms with Gasteiger partial charge in [0.05, 0.1) is 18.2 Å². The summed E-state index contributed by atoms with van der Waals surface area (Å²) in [4.78, 5) is 41.7. The van der Waals surface area contributed by atoms with E-state index in [1.165, 1.54) is 31.4 Å². The molecule has 1 aromatic heterocycles. The van der Waals surface area contributed by atoms with E-state index in [-0.39, 0.29) is 0 Å². The van der Waals surface area contributed by atoms with Gasteiger partial charge in [-0.05, 0) is 85.6 Å². The standard InChI is InChI=1S/C28H22FN3O5.C2H6/c1-36-25(33)17-2-11-22-23(16-17)30-15-12-24(22)37-21-9-7-20(8-10-21)32-27(35)28(13-14-28)26(34)31-19-5-3-18(29)4-6-19;1-2/h2-12,15-16H,13-14H2,1H3,(H,31,34)(H,32,35);1-2H3. The van der Waals surface area contributed by atoms with Crippen molar-refractivity contribution in [1.29, 1.82) is 0 Å². The third kappa shape index (κ3) is 6.04. The Labute approximate surface area is 225 Å². The van der Waals surface area contributed by atoms with E-state index in [0.29, 0.717) is 46.8 Å². The Morgan fingerprint density at radius 2 is 1.44 bits per heavy atom. The van der Waals surface area contributed by atoms with Gasteiger partial charge in [-0.25, -0.2) is 9.18 Å². The first kappa shape index (κ1) is 27.3. The fourth-order valence-corrected chi connectivity index (χ4v) is 3.91. The number of amides is 2. The van der Waals surface area contributed by atoms with Gasteiger partial charge >= 0.3 is 5.97 Å². The average Bonchev–Trinajstić information content (AvgIpc) is 3.78. The molecule has 2 N–H and O–H groups in total. The van der Waals surface area contributed by atoms with E-state index in [9.17, 15) is 18.8 Å². The van der Waals surface area contributed by atoms with Crippen molar-refractivity contribution in [3.8, 4) is 11.5 Å². The molecule has 0 atom stereocenters. The first-order valence-electron chi connectivity index (χ1n) is 12.5. The minimum Gasteiger partial charge on any atom is -0.465 e. The van der Waals surface area contributed by atoms with Crippen molar-refractivity contribution in [2.45, 2.75) is 26.7 Å². The van der Waals surface area contributed by atoms with Gasteiger partial charge in [-0.15, -0.1) is 0 Å². The molecular formula is C30H28FN3O5. The first-order valence-corrected chi connectivity index (χ1v) is 12.5. The molecule has 1 fully saturated rings. The zero-order valence-corrected chi connectivity index (χ0v) is 21.8. The van der Waals surface area contributed by atoms with Gasteiger partial charge in [0, 0.05) is 23.0 Å². The van der Waals surface area contributed by atoms with Crippen LogP contribution in [-0.4, -0.2) is 29.9 Å². The Balaban J connectivity index is 0.00000172. The van der Waals surface area contributed by atoms with Crippen LogP contribution in [0.2, 0.25) is 0 Å². The van der Waals surface area contributed by atoms with E-state index in [0.717, 1.165) is 5.39 Å². The fraction of sp³-hybridized carbons (Fsp3) is 0.200. The summed E-state index contributed by atoms with van der Waals surface area (Å²) in [5.41, 5.74) is 0.762. The number of carbonyl (C=O) groups excluding carboxylic acids is 3. The normalized spacial score (nSPS) is 12.9. The van der Waals surface area contributed by atoms with Gasteiger partial charge in [-0.2, -0.15) is 0 Å². The molecule has 3 aromatic carbocycles. The van der Waals surface area contributed by atoms with Crippen molar-refractivity contribution in [2.24, 2.45) is 5.41 Å². The van der Waals surface area contributed by atoms with Crippen molar-refractivity contribution in [1.82, 2.24) is 4.98 Å². The van der Waals surface area contributed by atoms with E-state index >= 15 is 0 Å². The molecule has 0 unspecified atom stereocenters. The average molecular weight is 530 g/mol. The summed E-state index contributed by atoms with van der Waals surface area (Å²) in [6.07, 6.45) is 2.44. The maximum atomic E-state index is 13.1. The first-order chi connectivity index (χ1) is 18.9. The molecule has 39 heavy (non-hydrogen) atoms. The van der Waals surface area contributed by atoms with E-state index in [4.69, 9.17) is 9.47 Å². The zero-order valence-electron chi connectivity index (χ0n) is 21.8. The Bertz CT molecular complexity index is 1500. The summed E-state index contributed by atoms with van der Waals surface area (Å²) in [5, 5.41) is 6.20. The van der Waals surface area contributed by atoms with E-state index < -0.39 is 29.0 Å². The molecule has 2 amide bonds. The second-order valence-corrected chi connectivity index (χ2v) is 8.66. The number of esters is 1. The highest BCUT2D eigenvalue weighted by Gasteiger charge is 2.56. The number of rotatable bonds is 7. The van der Waals surface area contributed by atoms with Gasteiger partial charge in [-0.3, -0.25) is 14.6 Å². The van der Waals surface area contributed by atoms with Gasteiger partial charge in [0.15, 0.2) is 0 Å². The van der Waals surface area contributed by atoms with E-state index in [1.54, 1.807) is 54.7 Å². The molecule has 1 heterocycles. The predicted molar refractivity (Wildman–Crippen MR) is 146 cm³/mol. The summed E-state index contributed by atoms with van der Waals surface area (Å²) in [7, 11) is 1.32. The molecule has 1 aliphatic rings. The molecule has 0 aliphatic heterocycles. The van der Waals surface area contributed by atoms with Crippen LogP contribution >= 0.6 is 0 Å². The van der Waals surface area contributed by atoms with Crippen molar-refractivity contribution in [3.63, 3.8) is 0 Å². The summed E-state index contributed by atoms with van der Waals surface area (Å²) >= 11 is 0. The number of benzene rings is 3. The number of fused-ring (bicyclic) bond motifs is 1. The van der Waals surface area contributed by atoms with Crippen LogP contribution in [0.25, 0.3) is 10.9 Å². The third-order valence-corrected chi connectivity index (χ3v) is 6.19. The molecule has 4 aromatic rings. The molecule has 0 spiro atoms. The van der Waals surface area contributed by atoms with E-state index in [1.807, 2.05) is 13.8 Å². The third-order valence-electron chi connectivity index (χ3n) is 6.19. The lowest BCUT2D eigenvalue weighted by atomic mass is 10.0. The number of pyridine rings is 1. The summed E-state index contributed by atoms with van der Waals surface area (Å²) in [5.74, 6) is -0.605. The minimum atomic E-state index is -1.15. The second kappa shape index (κ2) is 11.7. The van der Waals surface area contributed by atoms with Gasteiger partial charge in [0.2, 0.25) is 11.8 Å². The lowest BCUT2D eigenvalue weighted by Gasteiger charge is -2.16. The maximum absolute atomic E-state index is 13.1. The fourth-order valence-electron chi connectivity index (χ4n) is 3.91. The van der Waals surface area contributed by atoms with Crippen LogP contribution in [0.15, 0.2) is 79.0 Å². The van der Waals surface area contributed by atoms with Crippen molar-refractivity contribution in [3.05, 3.63) is 90.4 Å². The van der Waals surface area contributed by atoms with Crippen LogP contribution in [0.5, 0.6) is 11.5 Å². The van der Waals surface area contributed by atoms with Gasteiger partial charge in [0.25, 0.3) is 0 Å². The number of hydrogen-bond donors (Lipinski definition) is 2. The van der Waals surface area contributed by atoms with Gasteiger partial charge < -0.3 is 20.1 Å². The second-order valence-electron chi connectivity index (χ2n) is 8.66. The van der Waals surface area contributed by atoms with Gasteiger partial charge in [-0.1, -0.05) is 13.8 Å². The molecule has 8 nitrogen and oxygen atoms in total. The number of methoxy groups -OCH3 is 1. The Hall–Kier alpha value is -4.79. The Kier molecular flexibility index (Phi) is 8.19. The largest absolute Gasteiger partial charge is 0.465 e. The molecule has 9 heteroatoms. The van der Waals surface area contributed by atoms with Crippen LogP contribution in [-0.2, 0) is 14.3 Å². The van der Waals surface area contributed by atoms with Crippen LogP contribution in [0.3, 0.4) is 0 Å². The minimum absolute atomic E-state index is 0.388. The summed E-state index contributed by atoms with van der Waals surface area (Å²) < 4.78 is 23.9. The molecule has 1 aliphatic carbocycles. The molecule has 5 rings (SSSR count). The smallest absolute Gasteiger partial charge is 0.337 e. The topological polar surface area (TPSA) is 107 Å². The predicted octanol–water partition coefficient (Wildman–Crippen LogP) is 6.34. The number of nitrogens with one attached hydrogen (secondary N) is 2. The molecular weight excluding hydrogens is 501 g/mol. The molecule has 0 bridgehead atoms. The van der Waals surface area contributed by atoms with Crippen LogP contribution in [0.1, 0.15) is 37.0 Å². The monoisotopic (exact) mass is 529 g/mol. The van der Waals surface area contributed by atoms with Crippen LogP contribution < -0.4 is 15.4 Å². The lowest BCUT2D eigenvalue weighted by molar-refractivity contribution is -0.131. The number of anilines is 2. The SMILES string of the molecule is CC.COC(=O)c1ccc2c(Oc3ccc(NC(=O)C4(C(=O)Nc5ccc(F)cc5)CC4)cc3)ccnc2c1. The Morgan fingerprint density at radius 1 is 0.846 bits per heavy atom. The highest BCUT2D eigenvalue weighted by Crippen LogP contribution is 2.47. The lowest BCUT2D eigenvalue weighted by Crippen LogP contribution is -2.35. The quantitative estimate of drug-likeness (QED) is 0.214. The number of halogens is 1. The maximum Gasteiger partial charge on any atom is 0.337 e. The molecule has 1 saturated carbocycles. The number of ether oxygens (including phenoxy) is 2. The molecule has 0 saturated heterocycles. The molecule has 0 radical (unpaired) electrons. The van der Waals surface area contributed by atoms with Crippen molar-refractivity contribution in [2.75, 3.05) is 17.7 Å². The highest BCUT2D eigenvalue weighted by atomic mass is 19.1. The van der Waals surface area contributed by atoms with Crippen LogP contribution in [0, 0.1) is 11.2 Å².